The average molecular weight is 295 g/mol. The molecule has 0 aromatic rings. The van der Waals surface area contributed by atoms with E-state index < -0.39 is 5.54 Å². The first-order valence-electron chi connectivity index (χ1n) is 8.85. The Morgan fingerprint density at radius 2 is 1.76 bits per heavy atom. The van der Waals surface area contributed by atoms with E-state index >= 15 is 0 Å². The second-order valence-electron chi connectivity index (χ2n) is 7.98. The van der Waals surface area contributed by atoms with Crippen LogP contribution in [0.1, 0.15) is 79.1 Å². The minimum Gasteiger partial charge on any atom is -0.465 e. The highest BCUT2D eigenvalue weighted by atomic mass is 16.5. The van der Waals surface area contributed by atoms with Gasteiger partial charge in [-0.3, -0.25) is 10.1 Å². The number of hydrogen-bond donors (Lipinski definition) is 1. The molecule has 0 aromatic heterocycles. The van der Waals surface area contributed by atoms with Crippen LogP contribution in [0.15, 0.2) is 0 Å². The van der Waals surface area contributed by atoms with E-state index in [1.165, 1.54) is 32.1 Å². The van der Waals surface area contributed by atoms with Crippen molar-refractivity contribution in [2.45, 2.75) is 90.6 Å². The average Bonchev–Trinajstić information content (AvgIpc) is 2.91. The van der Waals surface area contributed by atoms with Gasteiger partial charge in [-0.1, -0.05) is 46.5 Å². The second-order valence-corrected chi connectivity index (χ2v) is 7.98. The van der Waals surface area contributed by atoms with Crippen molar-refractivity contribution in [3.8, 4) is 0 Å². The van der Waals surface area contributed by atoms with Gasteiger partial charge in [-0.25, -0.2) is 0 Å². The molecule has 2 rings (SSSR count). The van der Waals surface area contributed by atoms with E-state index in [0.717, 1.165) is 19.3 Å². The maximum absolute atomic E-state index is 12.9. The predicted octanol–water partition coefficient (Wildman–Crippen LogP) is 4.06. The highest BCUT2D eigenvalue weighted by Gasteiger charge is 2.53. The highest BCUT2D eigenvalue weighted by Crippen LogP contribution is 2.46. The molecule has 1 N–H and O–H groups in total. The molecule has 0 heterocycles. The number of carbonyl (C=O) groups is 1. The molecule has 0 radical (unpaired) electrons. The predicted molar refractivity (Wildman–Crippen MR) is 86.2 cm³/mol. The lowest BCUT2D eigenvalue weighted by molar-refractivity contribution is -0.159. The molecule has 2 fully saturated rings. The van der Waals surface area contributed by atoms with Crippen LogP contribution in [0.5, 0.6) is 0 Å². The molecule has 2 aliphatic carbocycles. The number of carbonyl (C=O) groups excluding carboxylic acids is 1. The number of hydrogen-bond acceptors (Lipinski definition) is 3. The van der Waals surface area contributed by atoms with E-state index in [4.69, 9.17) is 4.74 Å². The molecule has 0 bridgehead atoms. The third-order valence-corrected chi connectivity index (χ3v) is 5.41. The van der Waals surface area contributed by atoms with E-state index in [1.807, 2.05) is 6.92 Å². The smallest absolute Gasteiger partial charge is 0.326 e. The summed E-state index contributed by atoms with van der Waals surface area (Å²) >= 11 is 0. The van der Waals surface area contributed by atoms with Crippen LogP contribution in [0, 0.1) is 11.3 Å². The Hall–Kier alpha value is -0.570. The number of nitrogens with one attached hydrogen (secondary N) is 1. The summed E-state index contributed by atoms with van der Waals surface area (Å²) in [6.45, 7) is 9.20. The van der Waals surface area contributed by atoms with Crippen molar-refractivity contribution in [2.24, 2.45) is 11.3 Å². The molecule has 0 spiro atoms. The van der Waals surface area contributed by atoms with Crippen molar-refractivity contribution >= 4 is 5.97 Å². The minimum atomic E-state index is -0.457. The molecule has 3 nitrogen and oxygen atoms in total. The summed E-state index contributed by atoms with van der Waals surface area (Å²) in [5.74, 6) is 0.356. The fourth-order valence-electron chi connectivity index (χ4n) is 4.52. The monoisotopic (exact) mass is 295 g/mol. The lowest BCUT2D eigenvalue weighted by Crippen LogP contribution is -2.64. The Bertz CT molecular complexity index is 355. The zero-order chi connectivity index (χ0) is 15.5. The van der Waals surface area contributed by atoms with Crippen LogP contribution < -0.4 is 5.32 Å². The van der Waals surface area contributed by atoms with Crippen molar-refractivity contribution in [3.05, 3.63) is 0 Å². The minimum absolute atomic E-state index is 0.00322. The van der Waals surface area contributed by atoms with Crippen molar-refractivity contribution in [1.29, 1.82) is 0 Å². The number of ether oxygens (including phenoxy) is 1. The van der Waals surface area contributed by atoms with Gasteiger partial charge in [0.1, 0.15) is 5.54 Å². The summed E-state index contributed by atoms with van der Waals surface area (Å²) in [6.07, 6.45) is 9.41. The summed E-state index contributed by atoms with van der Waals surface area (Å²) in [4.78, 5) is 12.9. The van der Waals surface area contributed by atoms with Crippen molar-refractivity contribution in [3.63, 3.8) is 0 Å². The third kappa shape index (κ3) is 3.61. The van der Waals surface area contributed by atoms with E-state index in [-0.39, 0.29) is 11.4 Å². The standard InChI is InChI=1S/C18H33NO2/c1-5-21-16(20)18(19-14-10-6-7-11-14)13-9-8-12-15(18)17(2,3)4/h14-15,19H,5-13H2,1-4H3. The largest absolute Gasteiger partial charge is 0.465 e. The first-order chi connectivity index (χ1) is 9.90. The maximum atomic E-state index is 12.9. The van der Waals surface area contributed by atoms with Gasteiger partial charge in [0.05, 0.1) is 6.61 Å². The maximum Gasteiger partial charge on any atom is 0.326 e. The zero-order valence-electron chi connectivity index (χ0n) is 14.3. The summed E-state index contributed by atoms with van der Waals surface area (Å²) in [5.41, 5.74) is -0.333. The Morgan fingerprint density at radius 1 is 1.14 bits per heavy atom. The summed E-state index contributed by atoms with van der Waals surface area (Å²) in [7, 11) is 0. The second kappa shape index (κ2) is 6.68. The molecular formula is C18H33NO2. The fourth-order valence-corrected chi connectivity index (χ4v) is 4.52. The summed E-state index contributed by atoms with van der Waals surface area (Å²) in [5, 5.41) is 3.80. The molecule has 122 valence electrons. The molecule has 0 saturated heterocycles. The first-order valence-corrected chi connectivity index (χ1v) is 8.85. The van der Waals surface area contributed by atoms with Crippen LogP contribution in [-0.2, 0) is 9.53 Å². The molecule has 2 atom stereocenters. The fraction of sp³-hybridized carbons (Fsp3) is 0.944. The van der Waals surface area contributed by atoms with Gasteiger partial charge in [-0.2, -0.15) is 0 Å². The van der Waals surface area contributed by atoms with Crippen LogP contribution in [-0.4, -0.2) is 24.2 Å². The lowest BCUT2D eigenvalue weighted by Gasteiger charge is -2.49. The molecule has 0 aromatic carbocycles. The SMILES string of the molecule is CCOC(=O)C1(NC2CCCC2)CCCCC1C(C)(C)C. The zero-order valence-corrected chi connectivity index (χ0v) is 14.3. The van der Waals surface area contributed by atoms with E-state index in [0.29, 0.717) is 18.6 Å². The Balaban J connectivity index is 2.29. The Labute approximate surface area is 130 Å². The van der Waals surface area contributed by atoms with Gasteiger partial charge in [-0.05, 0) is 43.9 Å². The molecule has 3 heteroatoms. The van der Waals surface area contributed by atoms with Gasteiger partial charge in [0.2, 0.25) is 0 Å². The van der Waals surface area contributed by atoms with Crippen molar-refractivity contribution < 1.29 is 9.53 Å². The number of esters is 1. The Morgan fingerprint density at radius 3 is 2.33 bits per heavy atom. The van der Waals surface area contributed by atoms with Gasteiger partial charge >= 0.3 is 5.97 Å². The molecule has 2 saturated carbocycles. The van der Waals surface area contributed by atoms with Gasteiger partial charge < -0.3 is 4.74 Å². The highest BCUT2D eigenvalue weighted by molar-refractivity contribution is 5.81. The van der Waals surface area contributed by atoms with Crippen LogP contribution in [0.4, 0.5) is 0 Å². The van der Waals surface area contributed by atoms with Crippen LogP contribution in [0.2, 0.25) is 0 Å². The molecule has 0 amide bonds. The van der Waals surface area contributed by atoms with E-state index in [2.05, 4.69) is 26.1 Å². The van der Waals surface area contributed by atoms with Crippen molar-refractivity contribution in [1.82, 2.24) is 5.32 Å². The molecule has 21 heavy (non-hydrogen) atoms. The quantitative estimate of drug-likeness (QED) is 0.795. The number of rotatable bonds is 4. The Kier molecular flexibility index (Phi) is 5.34. The van der Waals surface area contributed by atoms with Gasteiger partial charge in [0, 0.05) is 6.04 Å². The van der Waals surface area contributed by atoms with Crippen molar-refractivity contribution in [2.75, 3.05) is 6.61 Å². The normalized spacial score (nSPS) is 31.3. The van der Waals surface area contributed by atoms with Gasteiger partial charge in [0.25, 0.3) is 0 Å². The van der Waals surface area contributed by atoms with E-state index in [9.17, 15) is 4.79 Å². The summed E-state index contributed by atoms with van der Waals surface area (Å²) < 4.78 is 5.52. The van der Waals surface area contributed by atoms with Crippen LogP contribution in [0.25, 0.3) is 0 Å². The summed E-state index contributed by atoms with van der Waals surface area (Å²) in [6, 6.07) is 0.498. The third-order valence-electron chi connectivity index (χ3n) is 5.41. The molecule has 0 aliphatic heterocycles. The topological polar surface area (TPSA) is 38.3 Å². The molecular weight excluding hydrogens is 262 g/mol. The van der Waals surface area contributed by atoms with E-state index in [1.54, 1.807) is 0 Å². The van der Waals surface area contributed by atoms with Crippen LogP contribution in [0.3, 0.4) is 0 Å². The first kappa shape index (κ1) is 16.8. The lowest BCUT2D eigenvalue weighted by atomic mass is 9.61. The van der Waals surface area contributed by atoms with Gasteiger partial charge in [0.15, 0.2) is 0 Å². The molecule has 2 unspecified atom stereocenters. The van der Waals surface area contributed by atoms with Crippen LogP contribution >= 0.6 is 0 Å². The van der Waals surface area contributed by atoms with Gasteiger partial charge in [-0.15, -0.1) is 0 Å². The molecule has 2 aliphatic rings.